The van der Waals surface area contributed by atoms with Gasteiger partial charge in [0.2, 0.25) is 0 Å². The van der Waals surface area contributed by atoms with E-state index in [0.717, 1.165) is 25.3 Å². The fraction of sp³-hybridized carbons (Fsp3) is 0.917. The molecule has 0 aromatic carbocycles. The Morgan fingerprint density at radius 2 is 2.00 bits per heavy atom. The Hall–Kier alpha value is -0.410. The maximum Gasteiger partial charge on any atom is 0.125 e. The standard InChI is InChI=1S/C12H22N2O/c1-8(2)14-5-10(9-3-4-9)11(7-15)12(13)6-14/h7-12H,3-6,13H2,1-2H3. The topological polar surface area (TPSA) is 46.3 Å². The summed E-state index contributed by atoms with van der Waals surface area (Å²) in [5.74, 6) is 1.40. The molecule has 0 aromatic heterocycles. The van der Waals surface area contributed by atoms with Crippen molar-refractivity contribution < 1.29 is 4.79 Å². The van der Waals surface area contributed by atoms with E-state index in [9.17, 15) is 4.79 Å². The number of rotatable bonds is 3. The fourth-order valence-electron chi connectivity index (χ4n) is 2.79. The van der Waals surface area contributed by atoms with Crippen LogP contribution in [-0.2, 0) is 4.79 Å². The smallest absolute Gasteiger partial charge is 0.125 e. The van der Waals surface area contributed by atoms with Crippen LogP contribution in [0.1, 0.15) is 26.7 Å². The van der Waals surface area contributed by atoms with E-state index in [1.165, 1.54) is 12.8 Å². The molecule has 0 aromatic rings. The van der Waals surface area contributed by atoms with Gasteiger partial charge in [-0.05, 0) is 38.5 Å². The van der Waals surface area contributed by atoms with E-state index in [1.807, 2.05) is 0 Å². The van der Waals surface area contributed by atoms with Crippen LogP contribution in [0.2, 0.25) is 0 Å². The Labute approximate surface area is 92.0 Å². The summed E-state index contributed by atoms with van der Waals surface area (Å²) >= 11 is 0. The molecule has 0 radical (unpaired) electrons. The average molecular weight is 210 g/mol. The summed E-state index contributed by atoms with van der Waals surface area (Å²) < 4.78 is 0. The second-order valence-electron chi connectivity index (χ2n) is 5.43. The molecule has 15 heavy (non-hydrogen) atoms. The summed E-state index contributed by atoms with van der Waals surface area (Å²) in [5, 5.41) is 0. The predicted molar refractivity (Wildman–Crippen MR) is 60.5 cm³/mol. The quantitative estimate of drug-likeness (QED) is 0.703. The van der Waals surface area contributed by atoms with E-state index in [2.05, 4.69) is 18.7 Å². The molecule has 0 bridgehead atoms. The molecule has 2 aliphatic rings. The fourth-order valence-corrected chi connectivity index (χ4v) is 2.79. The average Bonchev–Trinajstić information content (AvgIpc) is 2.99. The lowest BCUT2D eigenvalue weighted by molar-refractivity contribution is -0.115. The van der Waals surface area contributed by atoms with Gasteiger partial charge in [-0.25, -0.2) is 0 Å². The third-order valence-electron chi connectivity index (χ3n) is 3.99. The van der Waals surface area contributed by atoms with Crippen LogP contribution in [0.4, 0.5) is 0 Å². The van der Waals surface area contributed by atoms with Gasteiger partial charge in [0.15, 0.2) is 0 Å². The number of carbonyl (C=O) groups excluding carboxylic acids is 1. The van der Waals surface area contributed by atoms with Crippen LogP contribution < -0.4 is 5.73 Å². The van der Waals surface area contributed by atoms with Crippen LogP contribution in [0.3, 0.4) is 0 Å². The highest BCUT2D eigenvalue weighted by Crippen LogP contribution is 2.43. The molecular formula is C12H22N2O. The molecule has 3 nitrogen and oxygen atoms in total. The number of aldehydes is 1. The van der Waals surface area contributed by atoms with Gasteiger partial charge in [-0.15, -0.1) is 0 Å². The second kappa shape index (κ2) is 4.22. The highest BCUT2D eigenvalue weighted by atomic mass is 16.1. The van der Waals surface area contributed by atoms with E-state index in [0.29, 0.717) is 12.0 Å². The van der Waals surface area contributed by atoms with Crippen molar-refractivity contribution in [1.29, 1.82) is 0 Å². The van der Waals surface area contributed by atoms with Crippen LogP contribution in [0.15, 0.2) is 0 Å². The number of nitrogens with zero attached hydrogens (tertiary/aromatic N) is 1. The monoisotopic (exact) mass is 210 g/mol. The number of likely N-dealkylation sites (tertiary alicyclic amines) is 1. The van der Waals surface area contributed by atoms with Crippen molar-refractivity contribution in [2.45, 2.75) is 38.8 Å². The Bertz CT molecular complexity index is 238. The van der Waals surface area contributed by atoms with Crippen molar-refractivity contribution in [1.82, 2.24) is 4.90 Å². The zero-order valence-corrected chi connectivity index (χ0v) is 9.73. The third-order valence-corrected chi connectivity index (χ3v) is 3.99. The van der Waals surface area contributed by atoms with E-state index in [4.69, 9.17) is 5.73 Å². The maximum atomic E-state index is 11.1. The lowest BCUT2D eigenvalue weighted by atomic mass is 9.80. The number of nitrogens with two attached hydrogens (primary N) is 1. The maximum absolute atomic E-state index is 11.1. The summed E-state index contributed by atoms with van der Waals surface area (Å²) in [4.78, 5) is 13.5. The minimum Gasteiger partial charge on any atom is -0.326 e. The minimum absolute atomic E-state index is 0.0456. The van der Waals surface area contributed by atoms with Crippen LogP contribution >= 0.6 is 0 Å². The first-order valence-corrected chi connectivity index (χ1v) is 6.08. The Morgan fingerprint density at radius 1 is 1.33 bits per heavy atom. The van der Waals surface area contributed by atoms with Crippen LogP contribution in [0.5, 0.6) is 0 Å². The normalized spacial score (nSPS) is 38.3. The summed E-state index contributed by atoms with van der Waals surface area (Å²) in [5.41, 5.74) is 6.10. The second-order valence-corrected chi connectivity index (χ2v) is 5.43. The summed E-state index contributed by atoms with van der Waals surface area (Å²) in [7, 11) is 0. The van der Waals surface area contributed by atoms with Crippen LogP contribution in [-0.4, -0.2) is 36.4 Å². The Kier molecular flexibility index (Phi) is 3.12. The van der Waals surface area contributed by atoms with Gasteiger partial charge in [0, 0.05) is 31.1 Å². The number of hydrogen-bond acceptors (Lipinski definition) is 3. The molecule has 0 amide bonds. The van der Waals surface area contributed by atoms with Crippen molar-refractivity contribution in [3.8, 4) is 0 Å². The molecule has 86 valence electrons. The van der Waals surface area contributed by atoms with Gasteiger partial charge >= 0.3 is 0 Å². The van der Waals surface area contributed by atoms with Gasteiger partial charge in [0.25, 0.3) is 0 Å². The molecule has 1 heterocycles. The first-order valence-electron chi connectivity index (χ1n) is 6.08. The van der Waals surface area contributed by atoms with E-state index >= 15 is 0 Å². The van der Waals surface area contributed by atoms with Crippen LogP contribution in [0, 0.1) is 17.8 Å². The highest BCUT2D eigenvalue weighted by molar-refractivity contribution is 5.56. The van der Waals surface area contributed by atoms with E-state index in [1.54, 1.807) is 0 Å². The van der Waals surface area contributed by atoms with Crippen molar-refractivity contribution in [3.05, 3.63) is 0 Å². The lowest BCUT2D eigenvalue weighted by Gasteiger charge is -2.42. The first kappa shape index (κ1) is 11.1. The zero-order chi connectivity index (χ0) is 11.0. The van der Waals surface area contributed by atoms with Crippen molar-refractivity contribution >= 4 is 6.29 Å². The van der Waals surface area contributed by atoms with Gasteiger partial charge in [-0.3, -0.25) is 4.90 Å². The van der Waals surface area contributed by atoms with E-state index in [-0.39, 0.29) is 12.0 Å². The molecule has 0 spiro atoms. The molecule has 2 rings (SSSR count). The molecule has 1 aliphatic carbocycles. The SMILES string of the molecule is CC(C)N1CC(N)C(C=O)C(C2CC2)C1. The molecule has 3 atom stereocenters. The van der Waals surface area contributed by atoms with Crippen molar-refractivity contribution in [2.75, 3.05) is 13.1 Å². The van der Waals surface area contributed by atoms with E-state index < -0.39 is 0 Å². The number of piperidine rings is 1. The summed E-state index contributed by atoms with van der Waals surface area (Å²) in [6.07, 6.45) is 3.70. The molecule has 1 saturated carbocycles. The van der Waals surface area contributed by atoms with Crippen molar-refractivity contribution in [2.24, 2.45) is 23.5 Å². The predicted octanol–water partition coefficient (Wildman–Crippen LogP) is 0.879. The Balaban J connectivity index is 2.06. The highest BCUT2D eigenvalue weighted by Gasteiger charge is 2.43. The first-order chi connectivity index (χ1) is 7.13. The molecule has 2 fully saturated rings. The zero-order valence-electron chi connectivity index (χ0n) is 9.73. The van der Waals surface area contributed by atoms with Crippen LogP contribution in [0.25, 0.3) is 0 Å². The van der Waals surface area contributed by atoms with Crippen molar-refractivity contribution in [3.63, 3.8) is 0 Å². The molecule has 3 unspecified atom stereocenters. The number of carbonyl (C=O) groups is 1. The van der Waals surface area contributed by atoms with Gasteiger partial charge in [0.05, 0.1) is 0 Å². The van der Waals surface area contributed by atoms with Gasteiger partial charge in [-0.2, -0.15) is 0 Å². The third kappa shape index (κ3) is 2.23. The van der Waals surface area contributed by atoms with Gasteiger partial charge in [-0.1, -0.05) is 0 Å². The Morgan fingerprint density at radius 3 is 2.47 bits per heavy atom. The largest absolute Gasteiger partial charge is 0.326 e. The van der Waals surface area contributed by atoms with Gasteiger partial charge in [0.1, 0.15) is 6.29 Å². The van der Waals surface area contributed by atoms with Gasteiger partial charge < -0.3 is 10.5 Å². The molecule has 1 aliphatic heterocycles. The number of hydrogen-bond donors (Lipinski definition) is 1. The molecule has 1 saturated heterocycles. The molecule has 3 heteroatoms. The lowest BCUT2D eigenvalue weighted by Crippen LogP contribution is -2.56. The minimum atomic E-state index is 0.0456. The summed E-state index contributed by atoms with van der Waals surface area (Å²) in [6.45, 7) is 6.36. The summed E-state index contributed by atoms with van der Waals surface area (Å²) in [6, 6.07) is 0.592. The molecule has 2 N–H and O–H groups in total. The molecular weight excluding hydrogens is 188 g/mol.